The van der Waals surface area contributed by atoms with Crippen molar-refractivity contribution in [3.63, 3.8) is 0 Å². The second-order valence-electron chi connectivity index (χ2n) is 8.99. The first-order valence-electron chi connectivity index (χ1n) is 12.2. The zero-order valence-corrected chi connectivity index (χ0v) is 21.2. The van der Waals surface area contributed by atoms with Crippen LogP contribution >= 0.6 is 0 Å². The monoisotopic (exact) mass is 552 g/mol. The standard InChI is InChI=1S/C26H28N6O8/c27-20(33)11-10-17(25(38)39)29-22(35)18(13-21(28)34)30-23(36)19(12-14-6-2-1-3-7-14)32-24(37)15-8-4-5-9-16(15)31-26(32)40/h1-9,17-19H,10-13H2,(H2,27,33)(H2,28,34)(H,29,35)(H,30,36)(H,31,40)(H,38,39)/t17-,18-,19-/m0/s1. The number of amides is 4. The van der Waals surface area contributed by atoms with E-state index in [1.54, 1.807) is 42.5 Å². The van der Waals surface area contributed by atoms with E-state index in [0.717, 1.165) is 4.57 Å². The maximum atomic E-state index is 13.6. The summed E-state index contributed by atoms with van der Waals surface area (Å²) in [7, 11) is 0. The Morgan fingerprint density at radius 3 is 2.10 bits per heavy atom. The lowest BCUT2D eigenvalue weighted by Crippen LogP contribution is -2.55. The molecule has 0 bridgehead atoms. The summed E-state index contributed by atoms with van der Waals surface area (Å²) in [6.45, 7) is 0. The molecule has 3 atom stereocenters. The van der Waals surface area contributed by atoms with Gasteiger partial charge in [0.05, 0.1) is 17.3 Å². The van der Waals surface area contributed by atoms with Gasteiger partial charge in [-0.15, -0.1) is 0 Å². The summed E-state index contributed by atoms with van der Waals surface area (Å²) < 4.78 is 0.719. The molecule has 40 heavy (non-hydrogen) atoms. The minimum absolute atomic E-state index is 0.137. The Bertz CT molecular complexity index is 1550. The van der Waals surface area contributed by atoms with Crippen molar-refractivity contribution in [2.24, 2.45) is 11.5 Å². The van der Waals surface area contributed by atoms with Crippen LogP contribution < -0.4 is 33.3 Å². The van der Waals surface area contributed by atoms with E-state index in [1.807, 2.05) is 0 Å². The fraction of sp³-hybridized carbons (Fsp3) is 0.269. The average molecular weight is 553 g/mol. The van der Waals surface area contributed by atoms with Gasteiger partial charge in [-0.1, -0.05) is 42.5 Å². The number of aromatic nitrogens is 2. The molecule has 8 N–H and O–H groups in total. The molecule has 0 aliphatic heterocycles. The summed E-state index contributed by atoms with van der Waals surface area (Å²) in [6, 6.07) is 9.98. The predicted molar refractivity (Wildman–Crippen MR) is 142 cm³/mol. The number of rotatable bonds is 13. The summed E-state index contributed by atoms with van der Waals surface area (Å²) in [5, 5.41) is 14.0. The molecule has 2 aromatic carbocycles. The number of benzene rings is 2. The zero-order chi connectivity index (χ0) is 29.4. The van der Waals surface area contributed by atoms with E-state index in [9.17, 15) is 38.7 Å². The normalized spacial score (nSPS) is 13.1. The van der Waals surface area contributed by atoms with Gasteiger partial charge in [0.2, 0.25) is 23.6 Å². The molecule has 4 amide bonds. The Kier molecular flexibility index (Phi) is 9.52. The van der Waals surface area contributed by atoms with Crippen LogP contribution in [-0.4, -0.2) is 56.3 Å². The number of hydrogen-bond acceptors (Lipinski definition) is 7. The van der Waals surface area contributed by atoms with Gasteiger partial charge in [-0.2, -0.15) is 0 Å². The Balaban J connectivity index is 1.99. The van der Waals surface area contributed by atoms with Crippen LogP contribution in [0.15, 0.2) is 64.2 Å². The molecule has 0 aliphatic rings. The fourth-order valence-electron chi connectivity index (χ4n) is 4.09. The van der Waals surface area contributed by atoms with Crippen molar-refractivity contribution in [2.75, 3.05) is 0 Å². The molecule has 0 saturated heterocycles. The molecule has 14 heteroatoms. The maximum Gasteiger partial charge on any atom is 0.329 e. The molecule has 0 fully saturated rings. The van der Waals surface area contributed by atoms with Crippen molar-refractivity contribution in [2.45, 2.75) is 43.8 Å². The number of carbonyl (C=O) groups excluding carboxylic acids is 4. The van der Waals surface area contributed by atoms with E-state index < -0.39 is 65.4 Å². The molecule has 1 aromatic heterocycles. The number of carbonyl (C=O) groups is 5. The molecule has 1 heterocycles. The van der Waals surface area contributed by atoms with Crippen molar-refractivity contribution in [3.8, 4) is 0 Å². The quantitative estimate of drug-likeness (QED) is 0.148. The van der Waals surface area contributed by atoms with Crippen LogP contribution in [0.1, 0.15) is 30.9 Å². The van der Waals surface area contributed by atoms with Crippen LogP contribution in [0.5, 0.6) is 0 Å². The lowest BCUT2D eigenvalue weighted by molar-refractivity contribution is -0.142. The molecule has 0 unspecified atom stereocenters. The summed E-state index contributed by atoms with van der Waals surface area (Å²) in [4.78, 5) is 89.8. The number of aliphatic carboxylic acids is 1. The summed E-state index contributed by atoms with van der Waals surface area (Å²) in [5.74, 6) is -5.32. The topological polar surface area (TPSA) is 237 Å². The van der Waals surface area contributed by atoms with E-state index in [2.05, 4.69) is 15.6 Å². The van der Waals surface area contributed by atoms with Gasteiger partial charge in [0.25, 0.3) is 5.56 Å². The van der Waals surface area contributed by atoms with Crippen molar-refractivity contribution in [1.29, 1.82) is 0 Å². The van der Waals surface area contributed by atoms with Gasteiger partial charge in [-0.05, 0) is 24.1 Å². The highest BCUT2D eigenvalue weighted by Gasteiger charge is 2.32. The van der Waals surface area contributed by atoms with Crippen LogP contribution in [-0.2, 0) is 30.4 Å². The van der Waals surface area contributed by atoms with Crippen molar-refractivity contribution in [3.05, 3.63) is 81.0 Å². The van der Waals surface area contributed by atoms with E-state index in [0.29, 0.717) is 5.56 Å². The van der Waals surface area contributed by atoms with E-state index in [4.69, 9.17) is 11.5 Å². The molecule has 3 rings (SSSR count). The van der Waals surface area contributed by atoms with Crippen LogP contribution in [0.4, 0.5) is 0 Å². The number of primary amides is 2. The number of carboxylic acids is 1. The number of nitrogens with two attached hydrogens (primary N) is 2. The first kappa shape index (κ1) is 29.3. The Morgan fingerprint density at radius 2 is 1.48 bits per heavy atom. The van der Waals surface area contributed by atoms with Gasteiger partial charge in [-0.3, -0.25) is 24.0 Å². The number of nitrogens with zero attached hydrogens (tertiary/aromatic N) is 1. The smallest absolute Gasteiger partial charge is 0.329 e. The summed E-state index contributed by atoms with van der Waals surface area (Å²) in [6.07, 6.45) is -1.56. The number of aromatic amines is 1. The van der Waals surface area contributed by atoms with Crippen LogP contribution in [0.2, 0.25) is 0 Å². The fourth-order valence-corrected chi connectivity index (χ4v) is 4.09. The van der Waals surface area contributed by atoms with Crippen molar-refractivity contribution in [1.82, 2.24) is 20.2 Å². The lowest BCUT2D eigenvalue weighted by Gasteiger charge is -2.24. The second-order valence-corrected chi connectivity index (χ2v) is 8.99. The number of H-pyrrole nitrogens is 1. The summed E-state index contributed by atoms with van der Waals surface area (Å²) in [5.41, 5.74) is 9.51. The molecule has 14 nitrogen and oxygen atoms in total. The molecule has 0 saturated carbocycles. The number of carboxylic acid groups (broad SMARTS) is 1. The van der Waals surface area contributed by atoms with Crippen LogP contribution in [0, 0.1) is 0 Å². The molecule has 3 aromatic rings. The first-order valence-corrected chi connectivity index (χ1v) is 12.2. The molecular weight excluding hydrogens is 524 g/mol. The molecular formula is C26H28N6O8. The Labute approximate surface area is 226 Å². The second kappa shape index (κ2) is 13.0. The van der Waals surface area contributed by atoms with Crippen LogP contribution in [0.3, 0.4) is 0 Å². The largest absolute Gasteiger partial charge is 0.480 e. The Morgan fingerprint density at radius 1 is 0.850 bits per heavy atom. The van der Waals surface area contributed by atoms with Crippen molar-refractivity contribution >= 4 is 40.5 Å². The number of hydrogen-bond donors (Lipinski definition) is 6. The molecule has 210 valence electrons. The first-order chi connectivity index (χ1) is 19.0. The lowest BCUT2D eigenvalue weighted by atomic mass is 10.0. The van der Waals surface area contributed by atoms with Gasteiger partial charge >= 0.3 is 11.7 Å². The third-order valence-corrected chi connectivity index (χ3v) is 6.06. The van der Waals surface area contributed by atoms with Gasteiger partial charge in [0, 0.05) is 12.8 Å². The van der Waals surface area contributed by atoms with Crippen LogP contribution in [0.25, 0.3) is 10.9 Å². The molecule has 0 aliphatic carbocycles. The van der Waals surface area contributed by atoms with E-state index in [1.165, 1.54) is 12.1 Å². The van der Waals surface area contributed by atoms with Gasteiger partial charge < -0.3 is 32.2 Å². The van der Waals surface area contributed by atoms with E-state index >= 15 is 0 Å². The zero-order valence-electron chi connectivity index (χ0n) is 21.2. The minimum atomic E-state index is -1.66. The average Bonchev–Trinajstić information content (AvgIpc) is 2.90. The van der Waals surface area contributed by atoms with E-state index in [-0.39, 0.29) is 30.2 Å². The third kappa shape index (κ3) is 7.40. The highest BCUT2D eigenvalue weighted by atomic mass is 16.4. The van der Waals surface area contributed by atoms with Crippen molar-refractivity contribution < 1.29 is 29.1 Å². The maximum absolute atomic E-state index is 13.6. The molecule has 0 radical (unpaired) electrons. The predicted octanol–water partition coefficient (Wildman–Crippen LogP) is -1.33. The Hall–Kier alpha value is -5.27. The van der Waals surface area contributed by atoms with Gasteiger partial charge in [0.15, 0.2) is 0 Å². The number of para-hydroxylation sites is 1. The SMILES string of the molecule is NC(=O)CC[C@H](NC(=O)[C@H](CC(N)=O)NC(=O)[C@H](Cc1ccccc1)n1c(=O)[nH]c2ccccc2c1=O)C(=O)O. The third-order valence-electron chi connectivity index (χ3n) is 6.06. The highest BCUT2D eigenvalue weighted by Crippen LogP contribution is 2.14. The summed E-state index contributed by atoms with van der Waals surface area (Å²) >= 11 is 0. The number of nitrogens with one attached hydrogen (secondary N) is 3. The van der Waals surface area contributed by atoms with Gasteiger partial charge in [-0.25, -0.2) is 14.2 Å². The minimum Gasteiger partial charge on any atom is -0.480 e. The molecule has 0 spiro atoms. The number of fused-ring (bicyclic) bond motifs is 1. The highest BCUT2D eigenvalue weighted by molar-refractivity contribution is 5.94. The van der Waals surface area contributed by atoms with Gasteiger partial charge in [0.1, 0.15) is 18.1 Å².